The molecule has 39 heavy (non-hydrogen) atoms. The molecule has 1 fully saturated rings. The minimum Gasteiger partial charge on any atom is -0.410 e. The quantitative estimate of drug-likeness (QED) is 0.350. The Labute approximate surface area is 238 Å². The summed E-state index contributed by atoms with van der Waals surface area (Å²) in [6.07, 6.45) is 6.63. The van der Waals surface area contributed by atoms with Crippen molar-refractivity contribution in [1.82, 2.24) is 4.98 Å². The third kappa shape index (κ3) is 5.00. The maximum absolute atomic E-state index is 7.35. The second-order valence-corrected chi connectivity index (χ2v) is 20.1. The monoisotopic (exact) mass is 545 g/mol. The van der Waals surface area contributed by atoms with Gasteiger partial charge in [0.2, 0.25) is 0 Å². The number of benzene rings is 1. The van der Waals surface area contributed by atoms with Gasteiger partial charge in [0, 0.05) is 22.5 Å². The van der Waals surface area contributed by atoms with Crippen molar-refractivity contribution in [1.29, 1.82) is 0 Å². The minimum absolute atomic E-state index is 0.0673. The molecule has 1 aliphatic heterocycles. The molecule has 2 aliphatic carbocycles. The van der Waals surface area contributed by atoms with Gasteiger partial charge in [-0.3, -0.25) is 4.98 Å². The Morgan fingerprint density at radius 2 is 1.69 bits per heavy atom. The van der Waals surface area contributed by atoms with Crippen molar-refractivity contribution < 1.29 is 9.16 Å². The van der Waals surface area contributed by atoms with Crippen molar-refractivity contribution in [2.24, 2.45) is 5.41 Å². The molecule has 2 atom stereocenters. The molecule has 0 unspecified atom stereocenters. The fourth-order valence-electron chi connectivity index (χ4n) is 6.96. The van der Waals surface area contributed by atoms with E-state index >= 15 is 0 Å². The average Bonchev–Trinajstić information content (AvgIpc) is 3.42. The summed E-state index contributed by atoms with van der Waals surface area (Å²) in [7, 11) is -2.02. The molecule has 1 aromatic heterocycles. The van der Waals surface area contributed by atoms with Crippen LogP contribution in [0.4, 0.5) is 0 Å². The molecule has 1 spiro atoms. The third-order valence-electron chi connectivity index (χ3n) is 10.1. The number of nitrogens with zero attached hydrogens (tertiary/aromatic N) is 1. The van der Waals surface area contributed by atoms with Gasteiger partial charge in [0.25, 0.3) is 0 Å². The topological polar surface area (TPSA) is 31.4 Å². The normalized spacial score (nSPS) is 23.8. The molecule has 212 valence electrons. The van der Waals surface area contributed by atoms with E-state index in [1.165, 1.54) is 52.0 Å². The van der Waals surface area contributed by atoms with Crippen LogP contribution in [0, 0.1) is 5.41 Å². The third-order valence-corrected chi connectivity index (χ3v) is 14.5. The van der Waals surface area contributed by atoms with Gasteiger partial charge in [-0.25, -0.2) is 0 Å². The van der Waals surface area contributed by atoms with E-state index in [-0.39, 0.29) is 28.3 Å². The summed E-state index contributed by atoms with van der Waals surface area (Å²) in [5.74, 6) is 0.325. The highest BCUT2D eigenvalue weighted by atomic mass is 28.4. The van der Waals surface area contributed by atoms with Crippen molar-refractivity contribution in [2.45, 2.75) is 136 Å². The number of hydrogen-bond donors (Lipinski definition) is 0. The van der Waals surface area contributed by atoms with E-state index in [0.717, 1.165) is 31.3 Å². The van der Waals surface area contributed by atoms with Gasteiger partial charge in [0.05, 0.1) is 11.7 Å². The van der Waals surface area contributed by atoms with Crippen molar-refractivity contribution >= 4 is 13.9 Å². The largest absolute Gasteiger partial charge is 0.410 e. The van der Waals surface area contributed by atoms with Crippen LogP contribution in [0.3, 0.4) is 0 Å². The molecule has 0 saturated heterocycles. The van der Waals surface area contributed by atoms with E-state index in [1.807, 2.05) is 0 Å². The van der Waals surface area contributed by atoms with E-state index in [9.17, 15) is 0 Å². The molecule has 0 radical (unpaired) electrons. The SMILES string of the molecule is C=C(C)c1ccc([C@H]2OC3(CCCC3)c3c2c(C(C)C)nc2c3[C@@H](O[Si](C)(C)C(C)(C)C)CC(C)(C)C2)cc1. The van der Waals surface area contributed by atoms with Gasteiger partial charge in [-0.05, 0) is 78.8 Å². The van der Waals surface area contributed by atoms with Gasteiger partial charge in [-0.15, -0.1) is 0 Å². The smallest absolute Gasteiger partial charge is 0.192 e. The highest BCUT2D eigenvalue weighted by molar-refractivity contribution is 6.74. The molecule has 1 aromatic carbocycles. The summed E-state index contributed by atoms with van der Waals surface area (Å²) in [4.78, 5) is 5.54. The van der Waals surface area contributed by atoms with Crippen LogP contribution in [0.1, 0.15) is 145 Å². The van der Waals surface area contributed by atoms with Gasteiger partial charge in [0.15, 0.2) is 8.32 Å². The summed E-state index contributed by atoms with van der Waals surface area (Å²) in [5, 5.41) is 0.151. The van der Waals surface area contributed by atoms with Crippen LogP contribution in [0.5, 0.6) is 0 Å². The highest BCUT2D eigenvalue weighted by Gasteiger charge is 2.54. The summed E-state index contributed by atoms with van der Waals surface area (Å²) in [6, 6.07) is 8.91. The predicted molar refractivity (Wildman–Crippen MR) is 166 cm³/mol. The lowest BCUT2D eigenvalue weighted by molar-refractivity contribution is -0.0579. The number of rotatable bonds is 5. The highest BCUT2D eigenvalue weighted by Crippen LogP contribution is 2.60. The summed E-state index contributed by atoms with van der Waals surface area (Å²) < 4.78 is 14.7. The minimum atomic E-state index is -2.02. The molecular formula is C35H51NO2Si. The molecule has 0 N–H and O–H groups in total. The number of pyridine rings is 1. The van der Waals surface area contributed by atoms with E-state index in [1.54, 1.807) is 0 Å². The second-order valence-electron chi connectivity index (χ2n) is 15.3. The Balaban J connectivity index is 1.76. The number of fused-ring (bicyclic) bond motifs is 4. The van der Waals surface area contributed by atoms with E-state index in [2.05, 4.69) is 99.3 Å². The zero-order valence-corrected chi connectivity index (χ0v) is 27.3. The number of allylic oxidation sites excluding steroid dienone is 1. The molecule has 1 saturated carbocycles. The Hall–Kier alpha value is -1.75. The van der Waals surface area contributed by atoms with Crippen LogP contribution in [-0.4, -0.2) is 13.3 Å². The summed E-state index contributed by atoms with van der Waals surface area (Å²) in [5.41, 5.74) is 10.1. The molecule has 4 heteroatoms. The van der Waals surface area contributed by atoms with Crippen LogP contribution in [0.25, 0.3) is 5.57 Å². The van der Waals surface area contributed by atoms with Crippen LogP contribution >= 0.6 is 0 Å². The van der Waals surface area contributed by atoms with Crippen LogP contribution in [0.2, 0.25) is 18.1 Å². The molecule has 0 amide bonds. The predicted octanol–water partition coefficient (Wildman–Crippen LogP) is 10.2. The van der Waals surface area contributed by atoms with Gasteiger partial charge >= 0.3 is 0 Å². The molecule has 3 aliphatic rings. The average molecular weight is 546 g/mol. The first kappa shape index (κ1) is 28.8. The lowest BCUT2D eigenvalue weighted by atomic mass is 9.70. The summed E-state index contributed by atoms with van der Waals surface area (Å²) >= 11 is 0. The Bertz CT molecular complexity index is 1260. The molecule has 2 aromatic rings. The van der Waals surface area contributed by atoms with E-state index in [4.69, 9.17) is 14.1 Å². The van der Waals surface area contributed by atoms with Crippen molar-refractivity contribution in [3.63, 3.8) is 0 Å². The lowest BCUT2D eigenvalue weighted by Gasteiger charge is -2.45. The summed E-state index contributed by atoms with van der Waals surface area (Å²) in [6.45, 7) is 27.5. The van der Waals surface area contributed by atoms with Crippen LogP contribution < -0.4 is 0 Å². The molecule has 3 nitrogen and oxygen atoms in total. The first-order chi connectivity index (χ1) is 18.1. The van der Waals surface area contributed by atoms with Crippen molar-refractivity contribution in [3.05, 3.63) is 70.0 Å². The fourth-order valence-corrected chi connectivity index (χ4v) is 8.22. The molecule has 2 heterocycles. The standard InChI is InChI=1S/C35H51NO2Si/c1-22(2)24-14-16-25(17-15-24)32-29-30(35(37-32)18-12-13-19-35)28-26(36-31(29)23(3)4)20-34(8,9)21-27(28)38-39(10,11)33(5,6)7/h14-17,23,27,32H,1,12-13,18-21H2,2-11H3/t27-,32+/m0/s1. The maximum atomic E-state index is 7.35. The zero-order valence-electron chi connectivity index (χ0n) is 26.3. The number of aromatic nitrogens is 1. The molecule has 0 bridgehead atoms. The molecular weight excluding hydrogens is 494 g/mol. The Morgan fingerprint density at radius 3 is 2.23 bits per heavy atom. The van der Waals surface area contributed by atoms with Crippen molar-refractivity contribution in [2.75, 3.05) is 0 Å². The van der Waals surface area contributed by atoms with Crippen molar-refractivity contribution in [3.8, 4) is 0 Å². The Kier molecular flexibility index (Phi) is 7.13. The Morgan fingerprint density at radius 1 is 1.08 bits per heavy atom. The van der Waals surface area contributed by atoms with Gasteiger partial charge in [-0.1, -0.05) is 97.7 Å². The van der Waals surface area contributed by atoms with Gasteiger partial charge in [0.1, 0.15) is 6.10 Å². The van der Waals surface area contributed by atoms with E-state index < -0.39 is 8.32 Å². The number of hydrogen-bond acceptors (Lipinski definition) is 3. The van der Waals surface area contributed by atoms with Crippen LogP contribution in [0.15, 0.2) is 30.8 Å². The van der Waals surface area contributed by atoms with Crippen LogP contribution in [-0.2, 0) is 21.2 Å². The van der Waals surface area contributed by atoms with E-state index in [0.29, 0.717) is 5.92 Å². The van der Waals surface area contributed by atoms with Gasteiger partial charge in [-0.2, -0.15) is 0 Å². The molecule has 5 rings (SSSR count). The first-order valence-electron chi connectivity index (χ1n) is 15.2. The first-order valence-corrected chi connectivity index (χ1v) is 18.1. The van der Waals surface area contributed by atoms with Gasteiger partial charge < -0.3 is 9.16 Å². The zero-order chi connectivity index (χ0) is 28.5. The number of ether oxygens (including phenoxy) is 1. The second kappa shape index (κ2) is 9.67. The maximum Gasteiger partial charge on any atom is 0.192 e. The lowest BCUT2D eigenvalue weighted by Crippen LogP contribution is -2.44. The fraction of sp³-hybridized carbons (Fsp3) is 0.629.